The zero-order chi connectivity index (χ0) is 15.9. The number of hydrogen-bond donors (Lipinski definition) is 1. The third-order valence-corrected chi connectivity index (χ3v) is 3.92. The van der Waals surface area contributed by atoms with E-state index in [1.165, 1.54) is 0 Å². The molecule has 1 atom stereocenters. The fourth-order valence-electron chi connectivity index (χ4n) is 2.64. The van der Waals surface area contributed by atoms with E-state index in [0.717, 1.165) is 45.6 Å². The van der Waals surface area contributed by atoms with Crippen LogP contribution in [0.1, 0.15) is 47.5 Å². The van der Waals surface area contributed by atoms with Crippen LogP contribution in [-0.2, 0) is 14.3 Å². The van der Waals surface area contributed by atoms with E-state index in [1.807, 2.05) is 13.8 Å². The van der Waals surface area contributed by atoms with E-state index < -0.39 is 5.54 Å². The molecule has 1 saturated heterocycles. The highest BCUT2D eigenvalue weighted by molar-refractivity contribution is 5.80. The molecule has 5 nitrogen and oxygen atoms in total. The van der Waals surface area contributed by atoms with E-state index in [2.05, 4.69) is 31.0 Å². The molecule has 0 aromatic rings. The molecule has 1 rings (SSSR count). The van der Waals surface area contributed by atoms with Gasteiger partial charge in [-0.2, -0.15) is 0 Å². The van der Waals surface area contributed by atoms with Crippen LogP contribution in [0.15, 0.2) is 0 Å². The van der Waals surface area contributed by atoms with E-state index >= 15 is 0 Å². The van der Waals surface area contributed by atoms with Crippen molar-refractivity contribution in [2.75, 3.05) is 39.4 Å². The van der Waals surface area contributed by atoms with Crippen molar-refractivity contribution < 1.29 is 14.3 Å². The van der Waals surface area contributed by atoms with Gasteiger partial charge in [0.2, 0.25) is 0 Å². The summed E-state index contributed by atoms with van der Waals surface area (Å²) in [5.41, 5.74) is -0.704. The number of esters is 1. The lowest BCUT2D eigenvalue weighted by Crippen LogP contribution is -2.54. The van der Waals surface area contributed by atoms with E-state index in [9.17, 15) is 4.79 Å². The van der Waals surface area contributed by atoms with Gasteiger partial charge in [-0.1, -0.05) is 6.92 Å². The van der Waals surface area contributed by atoms with Gasteiger partial charge in [0, 0.05) is 19.6 Å². The van der Waals surface area contributed by atoms with Gasteiger partial charge in [-0.15, -0.1) is 0 Å². The van der Waals surface area contributed by atoms with Crippen molar-refractivity contribution in [2.45, 2.75) is 58.6 Å². The van der Waals surface area contributed by atoms with Crippen LogP contribution in [0.5, 0.6) is 0 Å². The highest BCUT2D eigenvalue weighted by atomic mass is 16.5. The van der Waals surface area contributed by atoms with Crippen LogP contribution < -0.4 is 5.32 Å². The number of nitrogens with one attached hydrogen (secondary N) is 1. The third kappa shape index (κ3) is 5.93. The lowest BCUT2D eigenvalue weighted by atomic mass is 9.96. The number of carbonyl (C=O) groups excluding carboxylic acids is 1. The molecule has 0 aromatic carbocycles. The number of hydrogen-bond acceptors (Lipinski definition) is 5. The number of carbonyl (C=O) groups is 1. The molecule has 1 unspecified atom stereocenters. The van der Waals surface area contributed by atoms with Crippen molar-refractivity contribution in [2.24, 2.45) is 0 Å². The topological polar surface area (TPSA) is 50.8 Å². The molecular weight excluding hydrogens is 268 g/mol. The van der Waals surface area contributed by atoms with Crippen molar-refractivity contribution in [3.8, 4) is 0 Å². The van der Waals surface area contributed by atoms with E-state index in [4.69, 9.17) is 9.47 Å². The minimum Gasteiger partial charge on any atom is -0.465 e. The summed E-state index contributed by atoms with van der Waals surface area (Å²) in [5.74, 6) is -0.147. The van der Waals surface area contributed by atoms with E-state index in [-0.39, 0.29) is 11.6 Å². The van der Waals surface area contributed by atoms with Gasteiger partial charge in [0.25, 0.3) is 0 Å². The zero-order valence-electron chi connectivity index (χ0n) is 14.3. The second-order valence-corrected chi connectivity index (χ2v) is 6.61. The molecule has 0 bridgehead atoms. The van der Waals surface area contributed by atoms with Crippen LogP contribution in [0, 0.1) is 0 Å². The van der Waals surface area contributed by atoms with Crippen molar-refractivity contribution in [1.82, 2.24) is 10.2 Å². The molecular formula is C16H32N2O3. The summed E-state index contributed by atoms with van der Waals surface area (Å²) in [7, 11) is 0. The van der Waals surface area contributed by atoms with Gasteiger partial charge in [0.05, 0.1) is 18.8 Å². The number of ether oxygens (including phenoxy) is 2. The molecule has 0 radical (unpaired) electrons. The second kappa shape index (κ2) is 8.11. The van der Waals surface area contributed by atoms with Gasteiger partial charge in [-0.3, -0.25) is 9.69 Å². The van der Waals surface area contributed by atoms with Crippen molar-refractivity contribution in [3.63, 3.8) is 0 Å². The second-order valence-electron chi connectivity index (χ2n) is 6.61. The normalized spacial score (nSPS) is 21.8. The van der Waals surface area contributed by atoms with Gasteiger partial charge >= 0.3 is 5.97 Å². The largest absolute Gasteiger partial charge is 0.465 e. The molecule has 124 valence electrons. The van der Waals surface area contributed by atoms with E-state index in [0.29, 0.717) is 6.61 Å². The van der Waals surface area contributed by atoms with Crippen molar-refractivity contribution in [3.05, 3.63) is 0 Å². The lowest BCUT2D eigenvalue weighted by Gasteiger charge is -2.39. The van der Waals surface area contributed by atoms with Crippen LogP contribution in [-0.4, -0.2) is 61.4 Å². The average molecular weight is 300 g/mol. The Morgan fingerprint density at radius 1 is 1.43 bits per heavy atom. The van der Waals surface area contributed by atoms with Gasteiger partial charge in [0.1, 0.15) is 5.54 Å². The quantitative estimate of drug-likeness (QED) is 0.693. The van der Waals surface area contributed by atoms with Gasteiger partial charge in [-0.25, -0.2) is 0 Å². The molecule has 1 N–H and O–H groups in total. The Balaban J connectivity index is 2.58. The first-order valence-corrected chi connectivity index (χ1v) is 8.11. The van der Waals surface area contributed by atoms with Crippen molar-refractivity contribution in [1.29, 1.82) is 0 Å². The third-order valence-electron chi connectivity index (χ3n) is 3.92. The Morgan fingerprint density at radius 2 is 2.14 bits per heavy atom. The lowest BCUT2D eigenvalue weighted by molar-refractivity contribution is -0.151. The van der Waals surface area contributed by atoms with E-state index in [1.54, 1.807) is 0 Å². The summed E-state index contributed by atoms with van der Waals surface area (Å²) in [5, 5.41) is 3.36. The molecule has 1 aliphatic rings. The van der Waals surface area contributed by atoms with Gasteiger partial charge in [-0.05, 0) is 47.1 Å². The summed E-state index contributed by atoms with van der Waals surface area (Å²) in [6, 6.07) is 0. The Bertz CT molecular complexity index is 333. The van der Waals surface area contributed by atoms with Crippen LogP contribution in [0.25, 0.3) is 0 Å². The molecule has 0 spiro atoms. The van der Waals surface area contributed by atoms with Crippen molar-refractivity contribution >= 4 is 5.97 Å². The summed E-state index contributed by atoms with van der Waals surface area (Å²) < 4.78 is 11.0. The monoisotopic (exact) mass is 300 g/mol. The number of morpholine rings is 1. The first-order valence-electron chi connectivity index (χ1n) is 8.11. The first kappa shape index (κ1) is 18.4. The highest BCUT2D eigenvalue weighted by Gasteiger charge is 2.35. The average Bonchev–Trinajstić information content (AvgIpc) is 2.42. The Hall–Kier alpha value is -0.650. The van der Waals surface area contributed by atoms with Gasteiger partial charge < -0.3 is 14.8 Å². The van der Waals surface area contributed by atoms with Crippen LogP contribution in [0.4, 0.5) is 0 Å². The molecule has 0 amide bonds. The van der Waals surface area contributed by atoms with Crippen LogP contribution in [0.2, 0.25) is 0 Å². The number of rotatable bonds is 8. The molecule has 0 aliphatic carbocycles. The fraction of sp³-hybridized carbons (Fsp3) is 0.938. The summed E-state index contributed by atoms with van der Waals surface area (Å²) >= 11 is 0. The summed E-state index contributed by atoms with van der Waals surface area (Å²) in [6.07, 6.45) is 1.75. The molecule has 21 heavy (non-hydrogen) atoms. The Kier molecular flexibility index (Phi) is 7.10. The number of nitrogens with zero attached hydrogens (tertiary/aromatic N) is 1. The smallest absolute Gasteiger partial charge is 0.326 e. The predicted molar refractivity (Wildman–Crippen MR) is 84.4 cm³/mol. The highest BCUT2D eigenvalue weighted by Crippen LogP contribution is 2.19. The minimum atomic E-state index is -0.603. The molecule has 0 saturated carbocycles. The Morgan fingerprint density at radius 3 is 2.71 bits per heavy atom. The molecule has 0 aromatic heterocycles. The molecule has 5 heteroatoms. The maximum absolute atomic E-state index is 12.2. The van der Waals surface area contributed by atoms with Crippen LogP contribution in [0.3, 0.4) is 0 Å². The van der Waals surface area contributed by atoms with Crippen LogP contribution >= 0.6 is 0 Å². The summed E-state index contributed by atoms with van der Waals surface area (Å²) in [6.45, 7) is 14.8. The zero-order valence-corrected chi connectivity index (χ0v) is 14.3. The maximum atomic E-state index is 12.2. The molecule has 1 aliphatic heterocycles. The Labute approximate surface area is 129 Å². The minimum absolute atomic E-state index is 0.102. The fourth-order valence-corrected chi connectivity index (χ4v) is 2.64. The molecule has 1 fully saturated rings. The standard InChI is InChI=1S/C16H32N2O3/c1-6-9-17-16(5,14(19)20-7-2)8-10-18-11-12-21-15(3,4)13-18/h17H,6-13H2,1-5H3. The van der Waals surface area contributed by atoms with Gasteiger partial charge in [0.15, 0.2) is 0 Å². The SMILES string of the molecule is CCCNC(C)(CCN1CCOC(C)(C)C1)C(=O)OCC. The summed E-state index contributed by atoms with van der Waals surface area (Å²) in [4.78, 5) is 14.6. The predicted octanol–water partition coefficient (Wildman–Crippen LogP) is 1.81. The first-order chi connectivity index (χ1) is 9.83. The maximum Gasteiger partial charge on any atom is 0.326 e. The molecule has 1 heterocycles.